The van der Waals surface area contributed by atoms with Crippen LogP contribution in [0.4, 0.5) is 5.82 Å². The second kappa shape index (κ2) is 23.7. The van der Waals surface area contributed by atoms with Crippen molar-refractivity contribution < 1.29 is 62.3 Å². The summed E-state index contributed by atoms with van der Waals surface area (Å²) in [5, 5.41) is 50.6. The number of benzene rings is 3. The van der Waals surface area contributed by atoms with Crippen LogP contribution in [0.25, 0.3) is 22.5 Å². The van der Waals surface area contributed by atoms with Crippen LogP contribution in [-0.4, -0.2) is 131 Å². The van der Waals surface area contributed by atoms with E-state index in [2.05, 4.69) is 40.8 Å². The number of carbonyl (C=O) groups excluding carboxylic acids is 4. The summed E-state index contributed by atoms with van der Waals surface area (Å²) in [5.74, 6) is -8.41. The number of nitrogens with one attached hydrogen (secondary N) is 2. The first kappa shape index (κ1) is 56.3. The van der Waals surface area contributed by atoms with Gasteiger partial charge < -0.3 is 57.3 Å². The molecule has 4 bridgehead atoms. The van der Waals surface area contributed by atoms with Gasteiger partial charge in [0.2, 0.25) is 11.8 Å². The maximum absolute atomic E-state index is 15.0. The molecule has 4 aromatic rings. The lowest BCUT2D eigenvalue weighted by Crippen LogP contribution is -2.46. The van der Waals surface area contributed by atoms with E-state index in [-0.39, 0.29) is 82.6 Å². The zero-order valence-corrected chi connectivity index (χ0v) is 41.9. The lowest BCUT2D eigenvalue weighted by Gasteiger charge is -2.32. The van der Waals surface area contributed by atoms with E-state index >= 15 is 0 Å². The maximum atomic E-state index is 15.0. The van der Waals surface area contributed by atoms with Gasteiger partial charge in [0, 0.05) is 68.6 Å². The molecule has 0 radical (unpaired) electrons. The molecule has 22 nitrogen and oxygen atoms in total. The number of nitrogens with zero attached hydrogens (tertiary/aromatic N) is 3. The molecule has 0 spiro atoms. The molecule has 2 heterocycles. The molecular weight excluding hydrogens is 955 g/mol. The molecule has 6 atom stereocenters. The third kappa shape index (κ3) is 13.9. The number of phenols is 1. The van der Waals surface area contributed by atoms with Gasteiger partial charge in [0.15, 0.2) is 28.9 Å². The van der Waals surface area contributed by atoms with Gasteiger partial charge in [-0.3, -0.25) is 19.2 Å². The predicted octanol–water partition coefficient (Wildman–Crippen LogP) is 1.39. The summed E-state index contributed by atoms with van der Waals surface area (Å²) in [6.45, 7) is 7.24. The van der Waals surface area contributed by atoms with Gasteiger partial charge in [-0.25, -0.2) is 24.6 Å². The summed E-state index contributed by atoms with van der Waals surface area (Å²) in [5.41, 5.74) is 19.6. The molecule has 0 saturated carbocycles. The van der Waals surface area contributed by atoms with Crippen molar-refractivity contribution in [1.29, 1.82) is 0 Å². The van der Waals surface area contributed by atoms with E-state index in [9.17, 15) is 52.8 Å². The number of ether oxygens (including phenoxy) is 2. The number of aromatic hydroxyl groups is 1. The molecule has 390 valence electrons. The van der Waals surface area contributed by atoms with Gasteiger partial charge in [0.25, 0.3) is 10.2 Å². The molecule has 5 rings (SSSR count). The molecule has 0 saturated heterocycles. The van der Waals surface area contributed by atoms with Crippen molar-refractivity contribution in [3.63, 3.8) is 0 Å². The SMILES string of the molecule is CCC(C)(C)c1ccc(-c2nc(C)c(C(=O)C[C@@H](CNS(N)(=O)=O)C(=O)N(C)[C@@H]3C(=O)C[C@@H](C)C(=O)N[C@H](C(=O)O)Cc4ccc(OC[C@H](O)CN)c(c4)-c4cc3cc(OC[C@H](O)CN)c4O)c(N)n2)cc1. The Morgan fingerprint density at radius 2 is 1.57 bits per heavy atom. The van der Waals surface area contributed by atoms with Crippen molar-refractivity contribution in [3.8, 4) is 39.8 Å². The Kier molecular flexibility index (Phi) is 18.6. The van der Waals surface area contributed by atoms with Gasteiger partial charge >= 0.3 is 5.97 Å². The zero-order chi connectivity index (χ0) is 53.4. The number of carboxylic acids is 1. The lowest BCUT2D eigenvalue weighted by atomic mass is 9.82. The highest BCUT2D eigenvalue weighted by Crippen LogP contribution is 2.45. The number of fused-ring (bicyclic) bond motifs is 5. The maximum Gasteiger partial charge on any atom is 0.326 e. The average Bonchev–Trinajstić information content (AvgIpc) is 3.33. The van der Waals surface area contributed by atoms with Crippen molar-refractivity contribution in [2.75, 3.05) is 45.6 Å². The number of hydrogen-bond acceptors (Lipinski definition) is 17. The first-order chi connectivity index (χ1) is 33.8. The normalized spacial score (nSPS) is 17.7. The molecule has 3 aromatic carbocycles. The number of nitrogens with two attached hydrogens (primary N) is 4. The smallest absolute Gasteiger partial charge is 0.326 e. The van der Waals surface area contributed by atoms with Gasteiger partial charge in [-0.05, 0) is 59.7 Å². The van der Waals surface area contributed by atoms with E-state index in [0.717, 1.165) is 16.9 Å². The summed E-state index contributed by atoms with van der Waals surface area (Å²) in [6.07, 6.45) is -3.08. The number of hydrogen-bond donors (Lipinski definition) is 10. The number of carboxylic acid groups (broad SMARTS) is 1. The van der Waals surface area contributed by atoms with Gasteiger partial charge in [0.1, 0.15) is 49.1 Å². The van der Waals surface area contributed by atoms with Crippen LogP contribution in [0.1, 0.15) is 85.7 Å². The highest BCUT2D eigenvalue weighted by molar-refractivity contribution is 7.87. The Bertz CT molecular complexity index is 2750. The van der Waals surface area contributed by atoms with Crippen molar-refractivity contribution >= 4 is 45.4 Å². The number of aliphatic hydroxyl groups is 2. The predicted molar refractivity (Wildman–Crippen MR) is 266 cm³/mol. The number of rotatable bonds is 20. The quantitative estimate of drug-likeness (QED) is 0.0559. The van der Waals surface area contributed by atoms with Gasteiger partial charge in [-0.15, -0.1) is 0 Å². The van der Waals surface area contributed by atoms with Crippen LogP contribution in [0.5, 0.6) is 17.2 Å². The van der Waals surface area contributed by atoms with Crippen LogP contribution in [0.15, 0.2) is 54.6 Å². The molecule has 2 amide bonds. The van der Waals surface area contributed by atoms with Crippen LogP contribution in [0.3, 0.4) is 0 Å². The molecule has 14 N–H and O–H groups in total. The van der Waals surface area contributed by atoms with E-state index in [0.29, 0.717) is 11.1 Å². The molecule has 0 unspecified atom stereocenters. The third-order valence-electron chi connectivity index (χ3n) is 12.7. The number of Topliss-reactive ketones (excluding diaryl/α,β-unsaturated/α-hetero) is 2. The highest BCUT2D eigenvalue weighted by atomic mass is 32.2. The number of anilines is 1. The fourth-order valence-electron chi connectivity index (χ4n) is 8.08. The molecule has 1 aliphatic heterocycles. The molecule has 1 aliphatic rings. The highest BCUT2D eigenvalue weighted by Gasteiger charge is 2.38. The Labute approximate surface area is 417 Å². The summed E-state index contributed by atoms with van der Waals surface area (Å²) >= 11 is 0. The molecule has 0 aliphatic carbocycles. The number of aliphatic hydroxyl groups excluding tert-OH is 2. The number of likely N-dealkylation sites (N-methyl/N-ethyl adjacent to an activating group) is 1. The Morgan fingerprint density at radius 1 is 0.944 bits per heavy atom. The van der Waals surface area contributed by atoms with Crippen molar-refractivity contribution in [2.24, 2.45) is 28.4 Å². The summed E-state index contributed by atoms with van der Waals surface area (Å²) < 4.78 is 38.5. The third-order valence-corrected chi connectivity index (χ3v) is 13.3. The van der Waals surface area contributed by atoms with E-state index in [1.54, 1.807) is 0 Å². The van der Waals surface area contributed by atoms with E-state index in [1.807, 2.05) is 24.3 Å². The molecule has 0 fully saturated rings. The summed E-state index contributed by atoms with van der Waals surface area (Å²) in [4.78, 5) is 80.2. The average molecular weight is 1020 g/mol. The molecular formula is C49H65N9O13S. The number of aryl methyl sites for hydroxylation is 1. The van der Waals surface area contributed by atoms with Crippen LogP contribution in [0.2, 0.25) is 0 Å². The van der Waals surface area contributed by atoms with E-state index in [4.69, 9.17) is 31.8 Å². The molecule has 72 heavy (non-hydrogen) atoms. The number of nitrogen functional groups attached to an aromatic ring is 1. The minimum absolute atomic E-state index is 0.0312. The first-order valence-corrected chi connectivity index (χ1v) is 24.7. The summed E-state index contributed by atoms with van der Waals surface area (Å²) in [7, 11) is -3.29. The second-order valence-corrected chi connectivity index (χ2v) is 20.0. The van der Waals surface area contributed by atoms with E-state index in [1.165, 1.54) is 51.2 Å². The van der Waals surface area contributed by atoms with Crippen molar-refractivity contribution in [1.82, 2.24) is 24.9 Å². The van der Waals surface area contributed by atoms with Crippen LogP contribution in [-0.2, 0) is 41.2 Å². The minimum Gasteiger partial charge on any atom is -0.504 e. The fraction of sp³-hybridized carbons (Fsp3) is 0.449. The lowest BCUT2D eigenvalue weighted by molar-refractivity contribution is -0.143. The van der Waals surface area contributed by atoms with Gasteiger partial charge in [-0.1, -0.05) is 58.0 Å². The summed E-state index contributed by atoms with van der Waals surface area (Å²) in [6, 6.07) is 11.3. The number of aromatic nitrogens is 2. The van der Waals surface area contributed by atoms with Crippen molar-refractivity contribution in [3.05, 3.63) is 82.5 Å². The number of phenolic OH excluding ortho intramolecular Hbond substituents is 1. The van der Waals surface area contributed by atoms with Crippen molar-refractivity contribution in [2.45, 2.75) is 90.0 Å². The van der Waals surface area contributed by atoms with Crippen LogP contribution >= 0.6 is 0 Å². The van der Waals surface area contributed by atoms with Gasteiger partial charge in [-0.2, -0.15) is 8.42 Å². The molecule has 1 aromatic heterocycles. The Balaban J connectivity index is 1.66. The minimum atomic E-state index is -4.49. The largest absolute Gasteiger partial charge is 0.504 e. The fourth-order valence-corrected chi connectivity index (χ4v) is 8.51. The standard InChI is InChI=1S/C49H65N9O13S/c1-7-49(4,5)31-11-9-28(10-12-31)45-55-26(3)41(44(52)57-45)37(61)18-30(22-54-72(53,68)69)47(65)58(6)42-29-17-35(43(63)40(19-29)71-24-33(60)21-51)34-15-27(8-13-39(34)70-23-32(59)20-50)16-36(48(66)67)56-46(64)25(2)14-38(42)62/h8-13,15,17,19,25,30,32-33,36,42,54,59-60,63H,7,14,16,18,20-24,50-51H2,1-6H3,(H,56,64)(H,66,67)(H2,52,55,57)(H2,53,68,69)/t25-,30+,32-,33-,36+,42+/m1/s1. The van der Waals surface area contributed by atoms with Crippen LogP contribution in [0, 0.1) is 18.8 Å². The first-order valence-electron chi connectivity index (χ1n) is 23.2. The number of amides is 2. The van der Waals surface area contributed by atoms with Gasteiger partial charge in [0.05, 0.1) is 17.2 Å². The van der Waals surface area contributed by atoms with Crippen LogP contribution < -0.4 is 41.9 Å². The number of ketones is 2. The number of aliphatic carboxylic acids is 1. The van der Waals surface area contributed by atoms with E-state index < -0.39 is 107 Å². The molecule has 23 heteroatoms. The topological polar surface area (TPSA) is 376 Å². The number of carbonyl (C=O) groups is 5. The Hall–Kier alpha value is -6.60. The second-order valence-electron chi connectivity index (χ2n) is 18.6. The zero-order valence-electron chi connectivity index (χ0n) is 41.0. The monoisotopic (exact) mass is 1020 g/mol. The Morgan fingerprint density at radius 3 is 2.14 bits per heavy atom.